The van der Waals surface area contributed by atoms with E-state index in [0.29, 0.717) is 23.7 Å². The van der Waals surface area contributed by atoms with Crippen molar-refractivity contribution in [1.82, 2.24) is 15.5 Å². The molecular formula is C19H19N3O5. The lowest BCUT2D eigenvalue weighted by Gasteiger charge is -2.13. The molecule has 2 heterocycles. The lowest BCUT2D eigenvalue weighted by atomic mass is 9.99. The molecule has 0 aliphatic carbocycles. The lowest BCUT2D eigenvalue weighted by molar-refractivity contribution is -0.141. The average molecular weight is 369 g/mol. The Morgan fingerprint density at radius 3 is 2.70 bits per heavy atom. The summed E-state index contributed by atoms with van der Waals surface area (Å²) < 4.78 is 10.1. The zero-order valence-electron chi connectivity index (χ0n) is 14.5. The number of hydrogen-bond acceptors (Lipinski definition) is 6. The number of aliphatic carboxylic acids is 1. The minimum atomic E-state index is -0.944. The lowest BCUT2D eigenvalue weighted by Crippen LogP contribution is -2.34. The van der Waals surface area contributed by atoms with Crippen LogP contribution in [0.3, 0.4) is 0 Å². The number of rotatable bonds is 9. The van der Waals surface area contributed by atoms with Crippen LogP contribution in [-0.4, -0.2) is 33.7 Å². The van der Waals surface area contributed by atoms with E-state index >= 15 is 0 Å². The van der Waals surface area contributed by atoms with Gasteiger partial charge < -0.3 is 19.4 Å². The molecule has 0 radical (unpaired) electrons. The maximum atomic E-state index is 12.0. The van der Waals surface area contributed by atoms with Gasteiger partial charge in [0.25, 0.3) is 0 Å². The standard InChI is InChI=1S/C19H19N3O5/c23-16(6-7-17-21-18(22-27-17)14-8-9-26-12-14)20-11-15(19(24)25)10-13-4-2-1-3-5-13/h1-5,8-9,12,15H,6-7,10-11H2,(H,20,23)(H,24,25). The fourth-order valence-electron chi connectivity index (χ4n) is 2.56. The molecule has 140 valence electrons. The van der Waals surface area contributed by atoms with Crippen LogP contribution in [0.1, 0.15) is 17.9 Å². The van der Waals surface area contributed by atoms with E-state index < -0.39 is 11.9 Å². The number of carbonyl (C=O) groups excluding carboxylic acids is 1. The molecule has 0 spiro atoms. The summed E-state index contributed by atoms with van der Waals surface area (Å²) >= 11 is 0. The first-order chi connectivity index (χ1) is 13.1. The Kier molecular flexibility index (Phi) is 5.98. The SMILES string of the molecule is O=C(CCc1nc(-c2ccoc2)no1)NCC(Cc1ccccc1)C(=O)O. The molecule has 0 saturated carbocycles. The summed E-state index contributed by atoms with van der Waals surface area (Å²) in [4.78, 5) is 27.6. The van der Waals surface area contributed by atoms with Crippen LogP contribution in [0, 0.1) is 5.92 Å². The van der Waals surface area contributed by atoms with Crippen molar-refractivity contribution in [2.45, 2.75) is 19.3 Å². The third kappa shape index (κ3) is 5.27. The molecule has 3 rings (SSSR count). The number of carboxylic acid groups (broad SMARTS) is 1. The molecule has 8 nitrogen and oxygen atoms in total. The highest BCUT2D eigenvalue weighted by atomic mass is 16.5. The minimum absolute atomic E-state index is 0.0627. The largest absolute Gasteiger partial charge is 0.481 e. The first-order valence-electron chi connectivity index (χ1n) is 8.50. The molecular weight excluding hydrogens is 350 g/mol. The summed E-state index contributed by atoms with van der Waals surface area (Å²) in [6, 6.07) is 11.0. The predicted molar refractivity (Wildman–Crippen MR) is 94.6 cm³/mol. The second kappa shape index (κ2) is 8.79. The summed E-state index contributed by atoms with van der Waals surface area (Å²) in [5.74, 6) is -1.17. The first kappa shape index (κ1) is 18.4. The molecule has 2 aromatic heterocycles. The molecule has 27 heavy (non-hydrogen) atoms. The number of carbonyl (C=O) groups is 2. The minimum Gasteiger partial charge on any atom is -0.481 e. The summed E-state index contributed by atoms with van der Waals surface area (Å²) in [6.45, 7) is 0.0627. The maximum absolute atomic E-state index is 12.0. The van der Waals surface area contributed by atoms with Gasteiger partial charge in [0.1, 0.15) is 6.26 Å². The second-order valence-electron chi connectivity index (χ2n) is 6.05. The highest BCUT2D eigenvalue weighted by Crippen LogP contribution is 2.16. The first-order valence-corrected chi connectivity index (χ1v) is 8.50. The van der Waals surface area contributed by atoms with Crippen molar-refractivity contribution in [2.75, 3.05) is 6.54 Å². The average Bonchev–Trinajstić information content (AvgIpc) is 3.35. The Hall–Kier alpha value is -3.42. The molecule has 0 aliphatic heterocycles. The summed E-state index contributed by atoms with van der Waals surface area (Å²) in [7, 11) is 0. The van der Waals surface area contributed by atoms with E-state index in [2.05, 4.69) is 15.5 Å². The Bertz CT molecular complexity index is 874. The van der Waals surface area contributed by atoms with Gasteiger partial charge in [-0.3, -0.25) is 9.59 Å². The Labute approximate surface area is 155 Å². The monoisotopic (exact) mass is 369 g/mol. The predicted octanol–water partition coefficient (Wildman–Crippen LogP) is 2.32. The van der Waals surface area contributed by atoms with Crippen LogP contribution in [0.25, 0.3) is 11.4 Å². The van der Waals surface area contributed by atoms with E-state index in [9.17, 15) is 14.7 Å². The Morgan fingerprint density at radius 1 is 1.19 bits per heavy atom. The number of benzene rings is 1. The van der Waals surface area contributed by atoms with E-state index in [4.69, 9.17) is 8.94 Å². The normalized spacial score (nSPS) is 11.9. The molecule has 0 fully saturated rings. The Balaban J connectivity index is 1.46. The summed E-state index contributed by atoms with van der Waals surface area (Å²) in [5, 5.41) is 15.8. The number of aromatic nitrogens is 2. The van der Waals surface area contributed by atoms with Gasteiger partial charge >= 0.3 is 5.97 Å². The van der Waals surface area contributed by atoms with Crippen LogP contribution >= 0.6 is 0 Å². The van der Waals surface area contributed by atoms with Crippen molar-refractivity contribution in [3.8, 4) is 11.4 Å². The van der Waals surface area contributed by atoms with Crippen molar-refractivity contribution < 1.29 is 23.6 Å². The van der Waals surface area contributed by atoms with Crippen LogP contribution in [0.2, 0.25) is 0 Å². The van der Waals surface area contributed by atoms with E-state index in [1.54, 1.807) is 6.07 Å². The number of furan rings is 1. The quantitative estimate of drug-likeness (QED) is 0.594. The van der Waals surface area contributed by atoms with E-state index in [1.165, 1.54) is 12.5 Å². The maximum Gasteiger partial charge on any atom is 0.308 e. The van der Waals surface area contributed by atoms with Crippen LogP contribution in [0.15, 0.2) is 57.9 Å². The van der Waals surface area contributed by atoms with E-state index in [1.807, 2.05) is 30.3 Å². The van der Waals surface area contributed by atoms with Crippen molar-refractivity contribution in [3.05, 3.63) is 60.4 Å². The van der Waals surface area contributed by atoms with Crippen molar-refractivity contribution in [3.63, 3.8) is 0 Å². The molecule has 0 saturated heterocycles. The smallest absolute Gasteiger partial charge is 0.308 e. The molecule has 1 amide bonds. The number of nitrogens with zero attached hydrogens (tertiary/aromatic N) is 2. The van der Waals surface area contributed by atoms with Gasteiger partial charge in [-0.1, -0.05) is 35.5 Å². The molecule has 0 bridgehead atoms. The summed E-state index contributed by atoms with van der Waals surface area (Å²) in [6.07, 6.45) is 3.76. The van der Waals surface area contributed by atoms with Gasteiger partial charge in [0.15, 0.2) is 0 Å². The zero-order valence-corrected chi connectivity index (χ0v) is 14.5. The topological polar surface area (TPSA) is 118 Å². The van der Waals surface area contributed by atoms with Gasteiger partial charge in [-0.25, -0.2) is 0 Å². The number of hydrogen-bond donors (Lipinski definition) is 2. The third-order valence-electron chi connectivity index (χ3n) is 4.03. The molecule has 1 unspecified atom stereocenters. The molecule has 3 aromatic rings. The molecule has 2 N–H and O–H groups in total. The summed E-state index contributed by atoms with van der Waals surface area (Å²) in [5.41, 5.74) is 1.61. The van der Waals surface area contributed by atoms with Gasteiger partial charge in [-0.15, -0.1) is 0 Å². The van der Waals surface area contributed by atoms with Gasteiger partial charge in [-0.05, 0) is 18.1 Å². The number of carboxylic acids is 1. The molecule has 0 aliphatic rings. The highest BCUT2D eigenvalue weighted by molar-refractivity contribution is 5.77. The zero-order chi connectivity index (χ0) is 19.1. The van der Waals surface area contributed by atoms with Gasteiger partial charge in [-0.2, -0.15) is 4.98 Å². The van der Waals surface area contributed by atoms with Crippen LogP contribution < -0.4 is 5.32 Å². The van der Waals surface area contributed by atoms with E-state index in [-0.39, 0.29) is 25.3 Å². The van der Waals surface area contributed by atoms with Crippen molar-refractivity contribution in [2.24, 2.45) is 5.92 Å². The van der Waals surface area contributed by atoms with Gasteiger partial charge in [0.05, 0.1) is 17.7 Å². The number of amides is 1. The highest BCUT2D eigenvalue weighted by Gasteiger charge is 2.19. The van der Waals surface area contributed by atoms with Crippen molar-refractivity contribution >= 4 is 11.9 Å². The number of nitrogens with one attached hydrogen (secondary N) is 1. The number of aryl methyl sites for hydroxylation is 1. The van der Waals surface area contributed by atoms with Gasteiger partial charge in [0, 0.05) is 19.4 Å². The van der Waals surface area contributed by atoms with Crippen LogP contribution in [-0.2, 0) is 22.4 Å². The van der Waals surface area contributed by atoms with Crippen LogP contribution in [0.4, 0.5) is 0 Å². The molecule has 1 aromatic carbocycles. The fraction of sp³-hybridized carbons (Fsp3) is 0.263. The Morgan fingerprint density at radius 2 is 2.00 bits per heavy atom. The fourth-order valence-corrected chi connectivity index (χ4v) is 2.56. The molecule has 1 atom stereocenters. The third-order valence-corrected chi connectivity index (χ3v) is 4.03. The van der Waals surface area contributed by atoms with Crippen LogP contribution in [0.5, 0.6) is 0 Å². The van der Waals surface area contributed by atoms with Gasteiger partial charge in [0.2, 0.25) is 17.6 Å². The molecule has 8 heteroatoms. The van der Waals surface area contributed by atoms with Crippen molar-refractivity contribution in [1.29, 1.82) is 0 Å². The second-order valence-corrected chi connectivity index (χ2v) is 6.05. The van der Waals surface area contributed by atoms with E-state index in [0.717, 1.165) is 5.56 Å².